The van der Waals surface area contributed by atoms with Crippen LogP contribution in [0.1, 0.15) is 13.8 Å². The molecule has 1 aliphatic rings. The molecule has 0 saturated heterocycles. The minimum Gasteiger partial charge on any atom is -0.354 e. The fourth-order valence-electron chi connectivity index (χ4n) is 1.44. The summed E-state index contributed by atoms with van der Waals surface area (Å²) in [4.78, 5) is 0. The van der Waals surface area contributed by atoms with Crippen molar-refractivity contribution in [3.8, 4) is 0 Å². The second-order valence-corrected chi connectivity index (χ2v) is 3.74. The van der Waals surface area contributed by atoms with Gasteiger partial charge in [0.05, 0.1) is 0 Å². The van der Waals surface area contributed by atoms with Crippen LogP contribution < -0.4 is 0 Å². The van der Waals surface area contributed by atoms with Gasteiger partial charge in [0, 0.05) is 5.92 Å². The van der Waals surface area contributed by atoms with E-state index in [-0.39, 0.29) is 0 Å². The molecule has 0 aromatic heterocycles. The van der Waals surface area contributed by atoms with Gasteiger partial charge in [0.25, 0.3) is 0 Å². The molecule has 0 fully saturated rings. The highest BCUT2D eigenvalue weighted by molar-refractivity contribution is 5.41. The summed E-state index contributed by atoms with van der Waals surface area (Å²) in [7, 11) is 0. The number of aliphatic hydroxyl groups is 1. The van der Waals surface area contributed by atoms with Crippen molar-refractivity contribution >= 4 is 0 Å². The van der Waals surface area contributed by atoms with Crippen molar-refractivity contribution in [1.82, 2.24) is 0 Å². The summed E-state index contributed by atoms with van der Waals surface area (Å²) in [5, 5.41) is 8.84. The smallest absolute Gasteiger partial charge is 0.303 e. The molecule has 0 aromatic carbocycles. The van der Waals surface area contributed by atoms with Gasteiger partial charge in [-0.05, 0) is 0 Å². The van der Waals surface area contributed by atoms with E-state index >= 15 is 0 Å². The third-order valence-corrected chi connectivity index (χ3v) is 2.47. The third kappa shape index (κ3) is 1.30. The van der Waals surface area contributed by atoms with E-state index < -0.39 is 40.7 Å². The molecule has 1 N–H and O–H groups in total. The molecule has 0 aromatic rings. The first-order chi connectivity index (χ1) is 7.08. The van der Waals surface area contributed by atoms with Crippen molar-refractivity contribution in [2.45, 2.75) is 25.4 Å². The van der Waals surface area contributed by atoms with Gasteiger partial charge in [0.2, 0.25) is 11.5 Å². The molecule has 1 nitrogen and oxygen atoms in total. The standard InChI is InChI=1S/C9H8F6O/c1-3(2)8(14)6(12)4(10)5(11)7(13)9(8,15)16/h3,16H,1-2H3. The molecular formula is C9H8F6O. The Balaban J connectivity index is 3.56. The van der Waals surface area contributed by atoms with Crippen LogP contribution in [0.2, 0.25) is 0 Å². The molecule has 0 bridgehead atoms. The molecule has 92 valence electrons. The predicted molar refractivity (Wildman–Crippen MR) is 43.2 cm³/mol. The molecule has 16 heavy (non-hydrogen) atoms. The molecule has 0 amide bonds. The first-order valence-corrected chi connectivity index (χ1v) is 4.30. The summed E-state index contributed by atoms with van der Waals surface area (Å²) in [6.45, 7) is 1.77. The Morgan fingerprint density at radius 2 is 1.31 bits per heavy atom. The molecule has 2 atom stereocenters. The fourth-order valence-corrected chi connectivity index (χ4v) is 1.44. The van der Waals surface area contributed by atoms with Crippen LogP contribution in [0.5, 0.6) is 0 Å². The van der Waals surface area contributed by atoms with Gasteiger partial charge in [0.15, 0.2) is 17.5 Å². The van der Waals surface area contributed by atoms with Gasteiger partial charge in [-0.25, -0.2) is 22.0 Å². The van der Waals surface area contributed by atoms with Crippen molar-refractivity contribution < 1.29 is 31.4 Å². The Kier molecular flexibility index (Phi) is 2.87. The van der Waals surface area contributed by atoms with Crippen LogP contribution in [0, 0.1) is 5.92 Å². The van der Waals surface area contributed by atoms with E-state index in [2.05, 4.69) is 0 Å². The second-order valence-electron chi connectivity index (χ2n) is 3.74. The molecular weight excluding hydrogens is 238 g/mol. The van der Waals surface area contributed by atoms with E-state index in [1.807, 2.05) is 0 Å². The highest BCUT2D eigenvalue weighted by atomic mass is 19.2. The maximum Gasteiger partial charge on any atom is 0.303 e. The van der Waals surface area contributed by atoms with Gasteiger partial charge in [-0.2, -0.15) is 4.39 Å². The summed E-state index contributed by atoms with van der Waals surface area (Å²) in [5.41, 5.74) is -3.99. The summed E-state index contributed by atoms with van der Waals surface area (Å²) in [5.74, 6) is -16.5. The average molecular weight is 246 g/mol. The molecule has 0 radical (unpaired) electrons. The van der Waals surface area contributed by atoms with Crippen LogP contribution in [0.15, 0.2) is 23.3 Å². The zero-order chi connectivity index (χ0) is 12.9. The van der Waals surface area contributed by atoms with Crippen LogP contribution in [-0.4, -0.2) is 16.6 Å². The van der Waals surface area contributed by atoms with Gasteiger partial charge in [-0.1, -0.05) is 13.8 Å². The normalized spacial score (nSPS) is 36.4. The zero-order valence-electron chi connectivity index (χ0n) is 8.29. The average Bonchev–Trinajstić information content (AvgIpc) is 2.21. The van der Waals surface area contributed by atoms with Crippen molar-refractivity contribution in [2.24, 2.45) is 5.92 Å². The molecule has 0 aliphatic heterocycles. The first-order valence-electron chi connectivity index (χ1n) is 4.30. The minimum atomic E-state index is -4.56. The van der Waals surface area contributed by atoms with E-state index in [1.54, 1.807) is 0 Å². The van der Waals surface area contributed by atoms with Crippen LogP contribution in [0.25, 0.3) is 0 Å². The second kappa shape index (κ2) is 3.51. The maximum absolute atomic E-state index is 13.8. The number of alkyl halides is 2. The zero-order valence-corrected chi connectivity index (χ0v) is 8.29. The van der Waals surface area contributed by atoms with E-state index in [1.165, 1.54) is 0 Å². The summed E-state index contributed by atoms with van der Waals surface area (Å²) in [6.07, 6.45) is 0. The van der Waals surface area contributed by atoms with Crippen LogP contribution in [-0.2, 0) is 0 Å². The fraction of sp³-hybridized carbons (Fsp3) is 0.556. The third-order valence-electron chi connectivity index (χ3n) is 2.47. The van der Waals surface area contributed by atoms with E-state index in [9.17, 15) is 26.3 Å². The van der Waals surface area contributed by atoms with Crippen molar-refractivity contribution in [3.05, 3.63) is 23.3 Å². The lowest BCUT2D eigenvalue weighted by Crippen LogP contribution is -2.54. The highest BCUT2D eigenvalue weighted by Crippen LogP contribution is 2.53. The van der Waals surface area contributed by atoms with Crippen LogP contribution in [0.3, 0.4) is 0 Å². The molecule has 0 heterocycles. The van der Waals surface area contributed by atoms with Gasteiger partial charge in [0.1, 0.15) is 0 Å². The van der Waals surface area contributed by atoms with Crippen molar-refractivity contribution in [2.75, 3.05) is 0 Å². The molecule has 1 rings (SSSR count). The van der Waals surface area contributed by atoms with Crippen LogP contribution >= 0.6 is 0 Å². The topological polar surface area (TPSA) is 20.2 Å². The lowest BCUT2D eigenvalue weighted by atomic mass is 9.80. The molecule has 0 saturated carbocycles. The van der Waals surface area contributed by atoms with Crippen molar-refractivity contribution in [1.29, 1.82) is 0 Å². The Bertz CT molecular complexity index is 383. The summed E-state index contributed by atoms with van der Waals surface area (Å²) in [6, 6.07) is 0. The number of hydrogen-bond acceptors (Lipinski definition) is 1. The van der Waals surface area contributed by atoms with Crippen LogP contribution in [0.4, 0.5) is 26.3 Å². The minimum absolute atomic E-state index is 0.883. The number of allylic oxidation sites excluding steroid dienone is 2. The van der Waals surface area contributed by atoms with E-state index in [0.717, 1.165) is 13.8 Å². The largest absolute Gasteiger partial charge is 0.354 e. The lowest BCUT2D eigenvalue weighted by molar-refractivity contribution is -0.192. The first kappa shape index (κ1) is 13.1. The van der Waals surface area contributed by atoms with Gasteiger partial charge in [-0.3, -0.25) is 0 Å². The number of rotatable bonds is 1. The van der Waals surface area contributed by atoms with Crippen molar-refractivity contribution in [3.63, 3.8) is 0 Å². The maximum atomic E-state index is 13.8. The summed E-state index contributed by atoms with van der Waals surface area (Å²) >= 11 is 0. The van der Waals surface area contributed by atoms with Gasteiger partial charge in [-0.15, -0.1) is 0 Å². The predicted octanol–water partition coefficient (Wildman–Crippen LogP) is 3.32. The number of hydrogen-bond donors (Lipinski definition) is 1. The lowest BCUT2D eigenvalue weighted by Gasteiger charge is -2.38. The quantitative estimate of drug-likeness (QED) is 0.703. The van der Waals surface area contributed by atoms with E-state index in [4.69, 9.17) is 5.11 Å². The van der Waals surface area contributed by atoms with Gasteiger partial charge < -0.3 is 5.11 Å². The molecule has 1 aliphatic carbocycles. The molecule has 0 spiro atoms. The monoisotopic (exact) mass is 246 g/mol. The summed E-state index contributed by atoms with van der Waals surface area (Å²) < 4.78 is 78.3. The Hall–Kier alpha value is -0.980. The van der Waals surface area contributed by atoms with E-state index in [0.29, 0.717) is 0 Å². The molecule has 7 heteroatoms. The van der Waals surface area contributed by atoms with Gasteiger partial charge >= 0.3 is 5.85 Å². The highest BCUT2D eigenvalue weighted by Gasteiger charge is 2.66. The number of halogens is 6. The Morgan fingerprint density at radius 3 is 1.69 bits per heavy atom. The Labute approximate surface area is 87.1 Å². The Morgan fingerprint density at radius 1 is 0.938 bits per heavy atom. The molecule has 2 unspecified atom stereocenters. The SMILES string of the molecule is CC(C)C1(F)C(F)=C(F)C(F)=C(F)C1(O)F.